The molecule has 0 aromatic rings. The Balaban J connectivity index is 2.55. The van der Waals surface area contributed by atoms with Crippen molar-refractivity contribution in [2.75, 3.05) is 19.0 Å². The highest BCUT2D eigenvalue weighted by atomic mass is 35.5. The highest BCUT2D eigenvalue weighted by Gasteiger charge is 2.27. The predicted molar refractivity (Wildman–Crippen MR) is 66.8 cm³/mol. The smallest absolute Gasteiger partial charge is 0.198 e. The molecule has 96 valence electrons. The molecule has 0 amide bonds. The lowest BCUT2D eigenvalue weighted by molar-refractivity contribution is 0.436. The fraction of sp³-hybridized carbons (Fsp3) is 1.00. The molecule has 1 rings (SSSR count). The summed E-state index contributed by atoms with van der Waals surface area (Å²) in [7, 11) is -3.32. The summed E-state index contributed by atoms with van der Waals surface area (Å²) in [4.78, 5) is 0. The lowest BCUT2D eigenvalue weighted by Gasteiger charge is -2.22. The second-order valence-electron chi connectivity index (χ2n) is 4.71. The van der Waals surface area contributed by atoms with E-state index in [2.05, 4.69) is 18.6 Å². The van der Waals surface area contributed by atoms with Crippen LogP contribution in [0.5, 0.6) is 0 Å². The third-order valence-corrected chi connectivity index (χ3v) is 4.71. The molecule has 6 heteroatoms. The number of nitrogens with one attached hydrogen (secondary N) is 1. The van der Waals surface area contributed by atoms with Gasteiger partial charge in [0.15, 0.2) is 0 Å². The molecule has 1 N–H and O–H groups in total. The summed E-state index contributed by atoms with van der Waals surface area (Å²) < 4.78 is 28.1. The first-order chi connectivity index (χ1) is 7.45. The highest BCUT2D eigenvalue weighted by Crippen LogP contribution is 2.14. The van der Waals surface area contributed by atoms with E-state index in [9.17, 15) is 8.42 Å². The van der Waals surface area contributed by atoms with E-state index >= 15 is 0 Å². The molecule has 0 saturated carbocycles. The van der Waals surface area contributed by atoms with Gasteiger partial charge < -0.3 is 0 Å². The van der Waals surface area contributed by atoms with E-state index in [0.29, 0.717) is 24.9 Å². The minimum absolute atomic E-state index is 0.160. The Morgan fingerprint density at radius 3 is 2.31 bits per heavy atom. The molecule has 0 aliphatic carbocycles. The molecule has 16 heavy (non-hydrogen) atoms. The standard InChI is InChI=1S/C10H21ClN2O2S/c1-9(2)7-10(8-11)12-16(14,15)13-5-3-4-6-13/h9-10,12H,3-8H2,1-2H3. The fourth-order valence-electron chi connectivity index (χ4n) is 1.93. The summed E-state index contributed by atoms with van der Waals surface area (Å²) in [5.41, 5.74) is 0. The second kappa shape index (κ2) is 6.19. The van der Waals surface area contributed by atoms with Crippen LogP contribution >= 0.6 is 11.6 Å². The molecule has 1 heterocycles. The molecular formula is C10H21ClN2O2S. The Labute approximate surface area is 104 Å². The van der Waals surface area contributed by atoms with Gasteiger partial charge in [0.25, 0.3) is 10.2 Å². The summed E-state index contributed by atoms with van der Waals surface area (Å²) in [6, 6.07) is -0.160. The molecule has 1 saturated heterocycles. The zero-order valence-electron chi connectivity index (χ0n) is 9.95. The maximum atomic E-state index is 11.9. The minimum atomic E-state index is -3.32. The number of rotatable bonds is 6. The summed E-state index contributed by atoms with van der Waals surface area (Å²) in [6.07, 6.45) is 2.68. The Hall–Kier alpha value is 0.160. The van der Waals surface area contributed by atoms with Crippen LogP contribution in [0.25, 0.3) is 0 Å². The van der Waals surface area contributed by atoms with Gasteiger partial charge in [0.05, 0.1) is 0 Å². The number of alkyl halides is 1. The largest absolute Gasteiger partial charge is 0.279 e. The average molecular weight is 269 g/mol. The van der Waals surface area contributed by atoms with Crippen molar-refractivity contribution in [1.29, 1.82) is 0 Å². The van der Waals surface area contributed by atoms with Gasteiger partial charge in [-0.1, -0.05) is 13.8 Å². The van der Waals surface area contributed by atoms with Gasteiger partial charge in [-0.15, -0.1) is 11.6 Å². The number of hydrogen-bond donors (Lipinski definition) is 1. The normalized spacial score (nSPS) is 20.5. The van der Waals surface area contributed by atoms with Crippen LogP contribution in [0.15, 0.2) is 0 Å². The van der Waals surface area contributed by atoms with E-state index in [1.54, 1.807) is 0 Å². The molecule has 0 radical (unpaired) electrons. The second-order valence-corrected chi connectivity index (χ2v) is 6.72. The Bertz CT molecular complexity index is 300. The van der Waals surface area contributed by atoms with Crippen LogP contribution in [-0.4, -0.2) is 37.7 Å². The summed E-state index contributed by atoms with van der Waals surface area (Å²) in [5, 5.41) is 0. The van der Waals surface area contributed by atoms with Gasteiger partial charge in [-0.2, -0.15) is 17.4 Å². The van der Waals surface area contributed by atoms with Crippen molar-refractivity contribution < 1.29 is 8.42 Å². The highest BCUT2D eigenvalue weighted by molar-refractivity contribution is 7.87. The minimum Gasteiger partial charge on any atom is -0.198 e. The summed E-state index contributed by atoms with van der Waals surface area (Å²) in [6.45, 7) is 5.38. The Kier molecular flexibility index (Phi) is 5.50. The predicted octanol–water partition coefficient (Wildman–Crippen LogP) is 1.57. The summed E-state index contributed by atoms with van der Waals surface area (Å²) in [5.74, 6) is 0.760. The molecule has 1 fully saturated rings. The van der Waals surface area contributed by atoms with Crippen molar-refractivity contribution in [3.05, 3.63) is 0 Å². The molecule has 0 bridgehead atoms. The van der Waals surface area contributed by atoms with Gasteiger partial charge >= 0.3 is 0 Å². The zero-order chi connectivity index (χ0) is 12.2. The van der Waals surface area contributed by atoms with E-state index < -0.39 is 10.2 Å². The van der Waals surface area contributed by atoms with Crippen LogP contribution in [0.3, 0.4) is 0 Å². The molecule has 1 atom stereocenters. The molecule has 1 aliphatic rings. The van der Waals surface area contributed by atoms with E-state index in [0.717, 1.165) is 19.3 Å². The summed E-state index contributed by atoms with van der Waals surface area (Å²) >= 11 is 5.78. The maximum Gasteiger partial charge on any atom is 0.279 e. The van der Waals surface area contributed by atoms with Crippen molar-refractivity contribution >= 4 is 21.8 Å². The number of halogens is 1. The van der Waals surface area contributed by atoms with Crippen molar-refractivity contribution in [2.45, 2.75) is 39.2 Å². The van der Waals surface area contributed by atoms with E-state index in [-0.39, 0.29) is 6.04 Å². The SMILES string of the molecule is CC(C)CC(CCl)NS(=O)(=O)N1CCCC1. The van der Waals surface area contributed by atoms with Crippen LogP contribution in [0.4, 0.5) is 0 Å². The number of nitrogens with zero attached hydrogens (tertiary/aromatic N) is 1. The fourth-order valence-corrected chi connectivity index (χ4v) is 3.71. The first-order valence-corrected chi connectivity index (χ1v) is 7.76. The van der Waals surface area contributed by atoms with Gasteiger partial charge in [0.1, 0.15) is 0 Å². The molecule has 1 aliphatic heterocycles. The third kappa shape index (κ3) is 4.20. The van der Waals surface area contributed by atoms with E-state index in [1.807, 2.05) is 0 Å². The van der Waals surface area contributed by atoms with E-state index in [4.69, 9.17) is 11.6 Å². The Morgan fingerprint density at radius 2 is 1.88 bits per heavy atom. The topological polar surface area (TPSA) is 49.4 Å². The quantitative estimate of drug-likeness (QED) is 0.744. The molecule has 0 spiro atoms. The monoisotopic (exact) mass is 268 g/mol. The van der Waals surface area contributed by atoms with Gasteiger partial charge in [0.2, 0.25) is 0 Å². The first kappa shape index (κ1) is 14.2. The lowest BCUT2D eigenvalue weighted by Crippen LogP contribution is -2.45. The maximum absolute atomic E-state index is 11.9. The molecule has 0 aromatic carbocycles. The number of hydrogen-bond acceptors (Lipinski definition) is 2. The van der Waals surface area contributed by atoms with Crippen LogP contribution in [0, 0.1) is 5.92 Å². The van der Waals surface area contributed by atoms with Crippen LogP contribution in [-0.2, 0) is 10.2 Å². The average Bonchev–Trinajstić information content (AvgIpc) is 2.68. The molecule has 0 aromatic heterocycles. The van der Waals surface area contributed by atoms with Gasteiger partial charge in [-0.05, 0) is 25.2 Å². The van der Waals surface area contributed by atoms with Crippen molar-refractivity contribution in [1.82, 2.24) is 9.03 Å². The van der Waals surface area contributed by atoms with Crippen LogP contribution in [0.2, 0.25) is 0 Å². The lowest BCUT2D eigenvalue weighted by atomic mass is 10.1. The van der Waals surface area contributed by atoms with Gasteiger partial charge in [-0.3, -0.25) is 0 Å². The van der Waals surface area contributed by atoms with Gasteiger partial charge in [0, 0.05) is 25.0 Å². The Morgan fingerprint density at radius 1 is 1.31 bits per heavy atom. The van der Waals surface area contributed by atoms with Crippen molar-refractivity contribution in [3.63, 3.8) is 0 Å². The first-order valence-electron chi connectivity index (χ1n) is 5.79. The van der Waals surface area contributed by atoms with Gasteiger partial charge in [-0.25, -0.2) is 0 Å². The third-order valence-electron chi connectivity index (χ3n) is 2.66. The van der Waals surface area contributed by atoms with Crippen LogP contribution < -0.4 is 4.72 Å². The van der Waals surface area contributed by atoms with E-state index in [1.165, 1.54) is 4.31 Å². The van der Waals surface area contributed by atoms with Crippen molar-refractivity contribution in [3.8, 4) is 0 Å². The zero-order valence-corrected chi connectivity index (χ0v) is 11.5. The molecule has 4 nitrogen and oxygen atoms in total. The van der Waals surface area contributed by atoms with Crippen molar-refractivity contribution in [2.24, 2.45) is 5.92 Å². The molecule has 1 unspecified atom stereocenters. The van der Waals surface area contributed by atoms with Crippen LogP contribution in [0.1, 0.15) is 33.1 Å². The molecular weight excluding hydrogens is 248 g/mol.